The van der Waals surface area contributed by atoms with E-state index in [2.05, 4.69) is 5.32 Å². The first-order valence-corrected chi connectivity index (χ1v) is 10.1. The molecule has 4 aromatic rings. The van der Waals surface area contributed by atoms with Crippen molar-refractivity contribution in [2.24, 2.45) is 0 Å². The van der Waals surface area contributed by atoms with Crippen LogP contribution in [0.3, 0.4) is 0 Å². The Kier molecular flexibility index (Phi) is 4.84. The van der Waals surface area contributed by atoms with Crippen molar-refractivity contribution in [2.75, 3.05) is 5.32 Å². The zero-order chi connectivity index (χ0) is 22.1. The zero-order valence-corrected chi connectivity index (χ0v) is 16.9. The third-order valence-electron chi connectivity index (χ3n) is 5.30. The molecule has 0 spiro atoms. The van der Waals surface area contributed by atoms with Crippen molar-refractivity contribution in [1.82, 2.24) is 0 Å². The van der Waals surface area contributed by atoms with E-state index in [1.54, 1.807) is 66.7 Å². The molecule has 1 amide bonds. The smallest absolute Gasteiger partial charge is 0.255 e. The average Bonchev–Trinajstić information content (AvgIpc) is 2.83. The van der Waals surface area contributed by atoms with Crippen LogP contribution in [0.1, 0.15) is 42.2 Å². The Bertz CT molecular complexity index is 1360. The number of amides is 1. The summed E-state index contributed by atoms with van der Waals surface area (Å²) in [6.45, 7) is 0. The molecule has 0 aliphatic heterocycles. The summed E-state index contributed by atoms with van der Waals surface area (Å²) in [7, 11) is 0. The number of carbonyl (C=O) groups is 3. The lowest BCUT2D eigenvalue weighted by Gasteiger charge is -2.20. The van der Waals surface area contributed by atoms with E-state index in [0.717, 1.165) is 0 Å². The number of benzene rings is 4. The summed E-state index contributed by atoms with van der Waals surface area (Å²) < 4.78 is 5.75. The highest BCUT2D eigenvalue weighted by Crippen LogP contribution is 2.32. The lowest BCUT2D eigenvalue weighted by atomic mass is 9.83. The molecule has 0 heterocycles. The van der Waals surface area contributed by atoms with Crippen molar-refractivity contribution in [3.05, 3.63) is 125 Å². The van der Waals surface area contributed by atoms with Gasteiger partial charge in [-0.2, -0.15) is 0 Å². The third-order valence-corrected chi connectivity index (χ3v) is 5.30. The molecular formula is C27H17NO4. The first-order valence-electron chi connectivity index (χ1n) is 10.1. The highest BCUT2D eigenvalue weighted by molar-refractivity contribution is 6.30. The number of rotatable bonds is 4. The predicted molar refractivity (Wildman–Crippen MR) is 121 cm³/mol. The number of para-hydroxylation sites is 1. The minimum absolute atomic E-state index is 0.216. The maximum Gasteiger partial charge on any atom is 0.255 e. The van der Waals surface area contributed by atoms with E-state index in [4.69, 9.17) is 4.74 Å². The minimum atomic E-state index is -0.385. The van der Waals surface area contributed by atoms with Crippen LogP contribution in [0.4, 0.5) is 5.69 Å². The summed E-state index contributed by atoms with van der Waals surface area (Å²) in [4.78, 5) is 38.8. The molecule has 1 aliphatic carbocycles. The van der Waals surface area contributed by atoms with E-state index in [9.17, 15) is 14.4 Å². The number of ketones is 2. The van der Waals surface area contributed by atoms with Crippen molar-refractivity contribution in [3.8, 4) is 11.5 Å². The highest BCUT2D eigenvalue weighted by atomic mass is 16.5. The third kappa shape index (κ3) is 3.46. The Morgan fingerprint density at radius 3 is 1.91 bits per heavy atom. The van der Waals surface area contributed by atoms with Crippen molar-refractivity contribution < 1.29 is 19.1 Å². The normalized spacial score (nSPS) is 12.0. The second kappa shape index (κ2) is 7.96. The van der Waals surface area contributed by atoms with Crippen LogP contribution in [-0.2, 0) is 0 Å². The van der Waals surface area contributed by atoms with E-state index in [1.165, 1.54) is 0 Å². The molecule has 0 bridgehead atoms. The van der Waals surface area contributed by atoms with Crippen molar-refractivity contribution >= 4 is 23.2 Å². The second-order valence-electron chi connectivity index (χ2n) is 7.33. The molecule has 0 fully saturated rings. The van der Waals surface area contributed by atoms with Crippen molar-refractivity contribution in [3.63, 3.8) is 0 Å². The minimum Gasteiger partial charge on any atom is -0.457 e. The molecule has 0 saturated heterocycles. The lowest BCUT2D eigenvalue weighted by molar-refractivity contribution is 0.0978. The molecule has 5 rings (SSSR count). The molecular weight excluding hydrogens is 402 g/mol. The number of hydrogen-bond acceptors (Lipinski definition) is 4. The van der Waals surface area contributed by atoms with Gasteiger partial charge >= 0.3 is 0 Å². The van der Waals surface area contributed by atoms with Gasteiger partial charge in [-0.05, 0) is 42.5 Å². The number of hydrogen-bond donors (Lipinski definition) is 1. The molecule has 0 saturated carbocycles. The summed E-state index contributed by atoms with van der Waals surface area (Å²) >= 11 is 0. The Labute approximate surface area is 184 Å². The van der Waals surface area contributed by atoms with E-state index in [-0.39, 0.29) is 28.6 Å². The summed E-state index contributed by atoms with van der Waals surface area (Å²) in [5.74, 6) is 0.404. The van der Waals surface area contributed by atoms with Gasteiger partial charge in [-0.15, -0.1) is 0 Å². The molecule has 0 atom stereocenters. The van der Waals surface area contributed by atoms with Gasteiger partial charge in [-0.1, -0.05) is 54.6 Å². The number of nitrogens with one attached hydrogen (secondary N) is 1. The van der Waals surface area contributed by atoms with E-state index < -0.39 is 0 Å². The summed E-state index contributed by atoms with van der Waals surface area (Å²) in [5, 5.41) is 2.78. The highest BCUT2D eigenvalue weighted by Gasteiger charge is 2.31. The number of carbonyl (C=O) groups excluding carboxylic acids is 3. The molecule has 4 aromatic carbocycles. The van der Waals surface area contributed by atoms with Crippen LogP contribution >= 0.6 is 0 Å². The van der Waals surface area contributed by atoms with Gasteiger partial charge in [0.25, 0.3) is 5.91 Å². The van der Waals surface area contributed by atoms with Gasteiger partial charge in [0.05, 0.1) is 11.3 Å². The molecule has 0 unspecified atom stereocenters. The molecule has 5 heteroatoms. The fraction of sp³-hybridized carbons (Fsp3) is 0. The topological polar surface area (TPSA) is 72.5 Å². The van der Waals surface area contributed by atoms with E-state index in [1.807, 2.05) is 30.3 Å². The first kappa shape index (κ1) is 19.5. The van der Waals surface area contributed by atoms with Crippen molar-refractivity contribution in [2.45, 2.75) is 0 Å². The summed E-state index contributed by atoms with van der Waals surface area (Å²) in [6, 6.07) is 27.6. The van der Waals surface area contributed by atoms with Crippen LogP contribution in [0, 0.1) is 0 Å². The Morgan fingerprint density at radius 1 is 0.594 bits per heavy atom. The van der Waals surface area contributed by atoms with Crippen LogP contribution in [0.15, 0.2) is 97.1 Å². The fourth-order valence-corrected chi connectivity index (χ4v) is 3.74. The predicted octanol–water partition coefficient (Wildman–Crippen LogP) is 5.51. The summed E-state index contributed by atoms with van der Waals surface area (Å²) in [6.07, 6.45) is 0. The maximum atomic E-state index is 13.1. The largest absolute Gasteiger partial charge is 0.457 e. The van der Waals surface area contributed by atoms with E-state index >= 15 is 0 Å². The molecule has 1 N–H and O–H groups in total. The van der Waals surface area contributed by atoms with Crippen LogP contribution in [0.2, 0.25) is 0 Å². The number of ether oxygens (including phenoxy) is 1. The molecule has 1 aliphatic rings. The van der Waals surface area contributed by atoms with Gasteiger partial charge < -0.3 is 10.1 Å². The van der Waals surface area contributed by atoms with Gasteiger partial charge in [0.2, 0.25) is 0 Å². The Hall–Kier alpha value is -4.51. The monoisotopic (exact) mass is 419 g/mol. The van der Waals surface area contributed by atoms with Crippen LogP contribution in [0.5, 0.6) is 11.5 Å². The van der Waals surface area contributed by atoms with Crippen LogP contribution < -0.4 is 10.1 Å². The summed E-state index contributed by atoms with van der Waals surface area (Å²) in [5.41, 5.74) is 1.94. The second-order valence-corrected chi connectivity index (χ2v) is 7.33. The molecule has 0 aromatic heterocycles. The van der Waals surface area contributed by atoms with Crippen LogP contribution in [0.25, 0.3) is 0 Å². The van der Waals surface area contributed by atoms with Gasteiger partial charge in [0.15, 0.2) is 11.6 Å². The lowest BCUT2D eigenvalue weighted by Crippen LogP contribution is -2.23. The zero-order valence-electron chi connectivity index (χ0n) is 16.9. The average molecular weight is 419 g/mol. The Balaban J connectivity index is 1.40. The molecule has 32 heavy (non-hydrogen) atoms. The SMILES string of the molecule is O=C(Nc1cccc2c1C(=O)c1ccccc1C2=O)c1ccc(Oc2ccccc2)cc1. The Morgan fingerprint density at radius 2 is 1.19 bits per heavy atom. The van der Waals surface area contributed by atoms with E-state index in [0.29, 0.717) is 33.9 Å². The quantitative estimate of drug-likeness (QED) is 0.417. The molecule has 5 nitrogen and oxygen atoms in total. The van der Waals surface area contributed by atoms with Crippen LogP contribution in [-0.4, -0.2) is 17.5 Å². The molecule has 0 radical (unpaired) electrons. The van der Waals surface area contributed by atoms with Gasteiger partial charge in [0, 0.05) is 22.3 Å². The first-order chi connectivity index (χ1) is 15.6. The van der Waals surface area contributed by atoms with Crippen molar-refractivity contribution in [1.29, 1.82) is 0 Å². The standard InChI is InChI=1S/C27H17NO4/c29-25-20-9-4-5-10-21(20)26(30)24-22(25)11-6-12-23(24)28-27(31)17-13-15-19(16-14-17)32-18-7-2-1-3-8-18/h1-16H,(H,28,31). The fourth-order valence-electron chi connectivity index (χ4n) is 3.74. The number of anilines is 1. The molecule has 154 valence electrons. The van der Waals surface area contributed by atoms with Gasteiger partial charge in [-0.25, -0.2) is 0 Å². The van der Waals surface area contributed by atoms with Gasteiger partial charge in [-0.3, -0.25) is 14.4 Å². The maximum absolute atomic E-state index is 13.1. The number of fused-ring (bicyclic) bond motifs is 2. The van der Waals surface area contributed by atoms with Gasteiger partial charge in [0.1, 0.15) is 11.5 Å².